The third-order valence-electron chi connectivity index (χ3n) is 1.72. The first-order valence-corrected chi connectivity index (χ1v) is 5.16. The van der Waals surface area contributed by atoms with E-state index in [0.717, 1.165) is 17.1 Å². The van der Waals surface area contributed by atoms with Gasteiger partial charge in [-0.2, -0.15) is 23.4 Å². The van der Waals surface area contributed by atoms with Crippen LogP contribution in [0.25, 0.3) is 5.82 Å². The lowest BCUT2D eigenvalue weighted by Gasteiger charge is -2.02. The van der Waals surface area contributed by atoms with E-state index in [4.69, 9.17) is 0 Å². The number of aromatic amines is 1. The van der Waals surface area contributed by atoms with Gasteiger partial charge < -0.3 is 0 Å². The highest BCUT2D eigenvalue weighted by Gasteiger charge is 2.38. The molecule has 9 heteroatoms. The number of hydrogen-bond donors (Lipinski definition) is 1. The van der Waals surface area contributed by atoms with Crippen LogP contribution in [0, 0.1) is 0 Å². The number of nitrogens with one attached hydrogen (secondary N) is 1. The summed E-state index contributed by atoms with van der Waals surface area (Å²) in [4.78, 5) is -0.401. The van der Waals surface area contributed by atoms with Crippen LogP contribution in [0.2, 0.25) is 0 Å². The molecule has 0 aliphatic heterocycles. The number of hydrogen-bond acceptors (Lipinski definition) is 3. The minimum Gasteiger partial charge on any atom is -0.261 e. The van der Waals surface area contributed by atoms with E-state index in [-0.39, 0.29) is 0 Å². The lowest BCUT2D eigenvalue weighted by atomic mass is 10.6. The number of rotatable bonds is 2. The normalized spacial score (nSPS) is 13.9. The average molecular weight is 250 g/mol. The molecule has 86 valence electrons. The Labute approximate surface area is 89.7 Å². The van der Waals surface area contributed by atoms with Gasteiger partial charge in [0.2, 0.25) is 0 Å². The highest BCUT2D eigenvalue weighted by molar-refractivity contribution is 7.86. The van der Waals surface area contributed by atoms with E-state index in [1.165, 1.54) is 12.3 Å². The fraction of sp³-hybridized carbons (Fsp3) is 0.143. The van der Waals surface area contributed by atoms with Crippen LogP contribution >= 0.6 is 0 Å². The predicted molar refractivity (Wildman–Crippen MR) is 48.2 cm³/mol. The van der Waals surface area contributed by atoms with Crippen LogP contribution in [0.3, 0.4) is 0 Å². The molecular weight excluding hydrogens is 245 g/mol. The Balaban J connectivity index is 2.31. The first kappa shape index (κ1) is 10.9. The van der Waals surface area contributed by atoms with E-state index >= 15 is 0 Å². The summed E-state index contributed by atoms with van der Waals surface area (Å²) in [5.41, 5.74) is -4.78. The molecule has 2 heterocycles. The zero-order valence-corrected chi connectivity index (χ0v) is 8.42. The molecule has 16 heavy (non-hydrogen) atoms. The van der Waals surface area contributed by atoms with Gasteiger partial charge in [-0.25, -0.2) is 8.89 Å². The van der Waals surface area contributed by atoms with E-state index < -0.39 is 21.2 Å². The molecule has 1 unspecified atom stereocenters. The third kappa shape index (κ3) is 1.98. The van der Waals surface area contributed by atoms with Crippen molar-refractivity contribution in [1.29, 1.82) is 0 Å². The molecule has 0 amide bonds. The summed E-state index contributed by atoms with van der Waals surface area (Å²) in [6.07, 6.45) is 3.37. The van der Waals surface area contributed by atoms with Crippen LogP contribution < -0.4 is 0 Å². The lowest BCUT2D eigenvalue weighted by Crippen LogP contribution is -2.15. The summed E-state index contributed by atoms with van der Waals surface area (Å²) >= 11 is 0. The highest BCUT2D eigenvalue weighted by atomic mass is 32.2. The predicted octanol–water partition coefficient (Wildman–Crippen LogP) is 1.22. The summed E-state index contributed by atoms with van der Waals surface area (Å²) in [6, 6.07) is 1.52. The van der Waals surface area contributed by atoms with Gasteiger partial charge in [-0.15, -0.1) is 0 Å². The molecule has 0 radical (unpaired) electrons. The largest absolute Gasteiger partial charge is 0.475 e. The number of H-pyrrole nitrogens is 1. The van der Waals surface area contributed by atoms with E-state index in [1.54, 1.807) is 0 Å². The first-order chi connectivity index (χ1) is 7.48. The van der Waals surface area contributed by atoms with Crippen molar-refractivity contribution in [2.45, 2.75) is 10.4 Å². The molecule has 0 aliphatic carbocycles. The maximum atomic E-state index is 12.1. The molecule has 0 spiro atoms. The van der Waals surface area contributed by atoms with Crippen molar-refractivity contribution in [3.05, 3.63) is 24.7 Å². The Morgan fingerprint density at radius 3 is 2.75 bits per heavy atom. The average Bonchev–Trinajstić information content (AvgIpc) is 2.85. The molecule has 1 atom stereocenters. The Kier molecular flexibility index (Phi) is 2.54. The van der Waals surface area contributed by atoms with Crippen LogP contribution in [0.1, 0.15) is 0 Å². The second-order valence-electron chi connectivity index (χ2n) is 2.78. The molecule has 0 saturated carbocycles. The summed E-state index contributed by atoms with van der Waals surface area (Å²) in [6.45, 7) is 0. The second-order valence-corrected chi connectivity index (χ2v) is 4.25. The summed E-state index contributed by atoms with van der Waals surface area (Å²) in [7, 11) is -3.06. The number of alkyl halides is 3. The van der Waals surface area contributed by atoms with Gasteiger partial charge in [-0.1, -0.05) is 0 Å². The smallest absolute Gasteiger partial charge is 0.261 e. The molecule has 5 nitrogen and oxygen atoms in total. The lowest BCUT2D eigenvalue weighted by molar-refractivity contribution is -0.0384. The quantitative estimate of drug-likeness (QED) is 0.871. The van der Waals surface area contributed by atoms with Crippen LogP contribution in [0.4, 0.5) is 13.2 Å². The van der Waals surface area contributed by atoms with Crippen LogP contribution in [-0.2, 0) is 10.8 Å². The molecule has 0 aromatic carbocycles. The molecule has 1 N–H and O–H groups in total. The van der Waals surface area contributed by atoms with Gasteiger partial charge in [0.05, 0.1) is 17.3 Å². The Bertz CT molecular complexity index is 504. The first-order valence-electron chi connectivity index (χ1n) is 4.01. The molecule has 2 aromatic rings. The molecule has 0 aliphatic rings. The number of nitrogens with zero attached hydrogens (tertiary/aromatic N) is 3. The van der Waals surface area contributed by atoms with Crippen LogP contribution in [0.5, 0.6) is 0 Å². The Morgan fingerprint density at radius 2 is 2.19 bits per heavy atom. The van der Waals surface area contributed by atoms with Crippen LogP contribution in [0.15, 0.2) is 29.6 Å². The molecule has 2 rings (SSSR count). The standard InChI is InChI=1S/C7H5F3N4OS/c8-7(9,10)16(15)5-3-12-14(4-5)6-1-2-11-13-6/h1-4H,(H,11,13). The summed E-state index contributed by atoms with van der Waals surface area (Å²) in [5.74, 6) is 0.394. The number of halogens is 3. The van der Waals surface area contributed by atoms with Crippen molar-refractivity contribution < 1.29 is 17.4 Å². The molecular formula is C7H5F3N4OS. The molecule has 0 saturated heterocycles. The Morgan fingerprint density at radius 1 is 1.44 bits per heavy atom. The monoisotopic (exact) mass is 250 g/mol. The van der Waals surface area contributed by atoms with Crippen LogP contribution in [-0.4, -0.2) is 29.7 Å². The molecule has 2 aromatic heterocycles. The number of aromatic nitrogens is 4. The second kappa shape index (κ2) is 3.74. The minimum absolute atomic E-state index is 0.394. The highest BCUT2D eigenvalue weighted by Crippen LogP contribution is 2.26. The van der Waals surface area contributed by atoms with Gasteiger partial charge in [0.1, 0.15) is 5.82 Å². The maximum Gasteiger partial charge on any atom is 0.475 e. The van der Waals surface area contributed by atoms with Crippen molar-refractivity contribution in [2.24, 2.45) is 0 Å². The molecule has 0 bridgehead atoms. The Hall–Kier alpha value is -1.64. The van der Waals surface area contributed by atoms with Crippen molar-refractivity contribution in [2.75, 3.05) is 0 Å². The van der Waals surface area contributed by atoms with Gasteiger partial charge in [0.15, 0.2) is 10.8 Å². The van der Waals surface area contributed by atoms with Gasteiger partial charge in [-0.3, -0.25) is 5.10 Å². The SMILES string of the molecule is O=S(c1cnn(-c2ccn[nH]2)c1)C(F)(F)F. The fourth-order valence-electron chi connectivity index (χ4n) is 1.04. The molecule has 0 fully saturated rings. The van der Waals surface area contributed by atoms with Crippen molar-refractivity contribution in [3.8, 4) is 5.82 Å². The summed E-state index contributed by atoms with van der Waals surface area (Å²) in [5, 5.41) is 9.78. The van der Waals surface area contributed by atoms with E-state index in [1.807, 2.05) is 0 Å². The van der Waals surface area contributed by atoms with Crippen molar-refractivity contribution in [3.63, 3.8) is 0 Å². The van der Waals surface area contributed by atoms with Gasteiger partial charge >= 0.3 is 5.51 Å². The topological polar surface area (TPSA) is 63.6 Å². The third-order valence-corrected chi connectivity index (χ3v) is 2.78. The van der Waals surface area contributed by atoms with Gasteiger partial charge in [-0.05, 0) is 0 Å². The van der Waals surface area contributed by atoms with Crippen molar-refractivity contribution in [1.82, 2.24) is 20.0 Å². The van der Waals surface area contributed by atoms with Gasteiger partial charge in [0.25, 0.3) is 0 Å². The zero-order chi connectivity index (χ0) is 11.8. The van der Waals surface area contributed by atoms with E-state index in [2.05, 4.69) is 15.3 Å². The summed E-state index contributed by atoms with van der Waals surface area (Å²) < 4.78 is 48.5. The fourth-order valence-corrected chi connectivity index (χ4v) is 1.65. The van der Waals surface area contributed by atoms with Crippen molar-refractivity contribution >= 4 is 10.8 Å². The maximum absolute atomic E-state index is 12.1. The zero-order valence-electron chi connectivity index (χ0n) is 7.60. The van der Waals surface area contributed by atoms with Gasteiger partial charge in [0, 0.05) is 12.3 Å². The minimum atomic E-state index is -4.78. The van der Waals surface area contributed by atoms with E-state index in [9.17, 15) is 17.4 Å². The van der Waals surface area contributed by atoms with E-state index in [0.29, 0.717) is 5.82 Å².